The van der Waals surface area contributed by atoms with Crippen LogP contribution in [0.25, 0.3) is 42.4 Å². The molecule has 76 heavy (non-hydrogen) atoms. The zero-order valence-electron chi connectivity index (χ0n) is 43.1. The number of nitrogens with one attached hydrogen (secondary N) is 1. The smallest absolute Gasteiger partial charge is 0.416 e. The minimum absolute atomic E-state index is 0.0556. The molecule has 2 amide bonds. The quantitative estimate of drug-likeness (QED) is 0.0840. The van der Waals surface area contributed by atoms with Crippen LogP contribution in [-0.4, -0.2) is 123 Å². The van der Waals surface area contributed by atoms with Crippen LogP contribution in [-0.2, 0) is 15.9 Å². The van der Waals surface area contributed by atoms with Crippen molar-refractivity contribution in [1.82, 2.24) is 35.1 Å². The third-order valence-electron chi connectivity index (χ3n) is 12.8. The maximum absolute atomic E-state index is 13.8. The van der Waals surface area contributed by atoms with Crippen LogP contribution in [0, 0.1) is 23.7 Å². The van der Waals surface area contributed by atoms with E-state index in [0.717, 1.165) is 50.0 Å². The Morgan fingerprint density at radius 3 is 1.66 bits per heavy atom. The van der Waals surface area contributed by atoms with Gasteiger partial charge in [-0.1, -0.05) is 35.6 Å². The highest BCUT2D eigenvalue weighted by atomic mass is 32.1. The van der Waals surface area contributed by atoms with Crippen LogP contribution >= 0.6 is 22.7 Å². The number of hydrogen-bond donors (Lipinski definition) is 2. The maximum Gasteiger partial charge on any atom is 0.416 e. The van der Waals surface area contributed by atoms with Crippen molar-refractivity contribution in [2.75, 3.05) is 50.7 Å². The number of nitrogens with zero attached hydrogens (tertiary/aromatic N) is 7. The first-order valence-corrected chi connectivity index (χ1v) is 26.6. The van der Waals surface area contributed by atoms with Gasteiger partial charge in [0.05, 0.1) is 39.2 Å². The second-order valence-electron chi connectivity index (χ2n) is 21.2. The monoisotopic (exact) mass is 1110 g/mol. The Kier molecular flexibility index (Phi) is 18.6. The predicted molar refractivity (Wildman–Crippen MR) is 279 cm³/mol. The van der Waals surface area contributed by atoms with E-state index in [9.17, 15) is 44.7 Å². The van der Waals surface area contributed by atoms with Gasteiger partial charge in [-0.2, -0.15) is 35.1 Å². The number of benzene rings is 2. The summed E-state index contributed by atoms with van der Waals surface area (Å²) in [7, 11) is 0. The standard InChI is InChI=1S/C31H39F4N5O4S.C22H24F4N4S/c1-29(2,3)43-27(41)38-23(17-39-11-9-22(10-12-39)31(33,34)35)18-40(28(42)44-30(4,5)6)26-37-16-24(45-26)19-7-8-20-15-36-25(32)14-21(20)13-19;23-20-10-16-9-14(1-2-15(16)11-28-20)19-12-29-21(31-19)4-3-18(27)13-30-7-5-17(6-8-30)22(24,25)26/h7-8,13-16,22-23H,9-12,17-18H2,1-6H3,(H,38,41);1-2,9-12,17-18H,3-8,13,27H2/t23-;18-/m01/s1. The Labute approximate surface area is 444 Å². The number of pyridine rings is 2. The fourth-order valence-corrected chi connectivity index (χ4v) is 10.8. The molecule has 3 N–H and O–H groups in total. The van der Waals surface area contributed by atoms with Gasteiger partial charge in [-0.15, -0.1) is 11.3 Å². The molecule has 0 saturated carbocycles. The van der Waals surface area contributed by atoms with Crippen LogP contribution < -0.4 is 16.0 Å². The van der Waals surface area contributed by atoms with Crippen molar-refractivity contribution in [2.24, 2.45) is 17.6 Å². The van der Waals surface area contributed by atoms with Crippen LogP contribution in [0.4, 0.5) is 49.8 Å². The van der Waals surface area contributed by atoms with Crippen molar-refractivity contribution >= 4 is 61.5 Å². The number of piperidine rings is 2. The van der Waals surface area contributed by atoms with E-state index in [1.165, 1.54) is 40.8 Å². The number of amides is 2. The summed E-state index contributed by atoms with van der Waals surface area (Å²) >= 11 is 2.78. The number of likely N-dealkylation sites (tertiary alicyclic amines) is 2. The number of rotatable bonds is 13. The number of aryl methyl sites for hydroxylation is 1. The largest absolute Gasteiger partial charge is 0.444 e. The number of hydrogen-bond acceptors (Lipinski definition) is 13. The van der Waals surface area contributed by atoms with Gasteiger partial charge in [-0.25, -0.2) is 29.5 Å². The molecule has 0 radical (unpaired) electrons. The molecule has 13 nitrogen and oxygen atoms in total. The molecule has 2 aliphatic rings. The molecule has 2 aromatic carbocycles. The molecule has 0 spiro atoms. The van der Waals surface area contributed by atoms with Crippen LogP contribution in [0.15, 0.2) is 73.3 Å². The number of ether oxygens (including phenoxy) is 2. The third-order valence-corrected chi connectivity index (χ3v) is 14.9. The second-order valence-corrected chi connectivity index (χ2v) is 23.4. The minimum Gasteiger partial charge on any atom is -0.444 e. The molecule has 0 unspecified atom stereocenters. The normalized spacial score (nSPS) is 16.5. The Morgan fingerprint density at radius 1 is 0.671 bits per heavy atom. The molecule has 23 heteroatoms. The molecule has 2 saturated heterocycles. The van der Waals surface area contributed by atoms with Crippen LogP contribution in [0.5, 0.6) is 0 Å². The zero-order valence-corrected chi connectivity index (χ0v) is 44.7. The van der Waals surface area contributed by atoms with E-state index >= 15 is 0 Å². The van der Waals surface area contributed by atoms with Crippen molar-refractivity contribution in [1.29, 1.82) is 0 Å². The second kappa shape index (κ2) is 24.4. The van der Waals surface area contributed by atoms with Crippen LogP contribution in [0.2, 0.25) is 0 Å². The van der Waals surface area contributed by atoms with E-state index < -0.39 is 65.5 Å². The van der Waals surface area contributed by atoms with E-state index in [0.29, 0.717) is 29.9 Å². The Bertz CT molecular complexity index is 2910. The summed E-state index contributed by atoms with van der Waals surface area (Å²) in [4.78, 5) is 49.6. The fraction of sp³-hybridized carbons (Fsp3) is 0.509. The first-order chi connectivity index (χ1) is 35.6. The van der Waals surface area contributed by atoms with Crippen molar-refractivity contribution in [3.05, 3.63) is 90.2 Å². The number of carbonyl (C=O) groups excluding carboxylic acids is 2. The number of alkyl halides is 6. The molecule has 8 rings (SSSR count). The first kappa shape index (κ1) is 58.1. The average molecular weight is 1110 g/mol. The van der Waals surface area contributed by atoms with Gasteiger partial charge in [0.1, 0.15) is 11.2 Å². The van der Waals surface area contributed by atoms with Gasteiger partial charge in [0, 0.05) is 73.2 Å². The predicted octanol–water partition coefficient (Wildman–Crippen LogP) is 12.4. The number of halogens is 8. The number of alkyl carbamates (subject to hydrolysis) is 1. The lowest BCUT2D eigenvalue weighted by atomic mass is 9.96. The minimum atomic E-state index is -4.26. The molecule has 6 aromatic rings. The maximum atomic E-state index is 13.8. The van der Waals surface area contributed by atoms with E-state index in [1.54, 1.807) is 65.1 Å². The molecule has 0 aliphatic carbocycles. The SMILES string of the molecule is CC(C)(C)OC(=O)N[C@@H](CN1CCC(C(F)(F)F)CC1)CN(C(=O)OC(C)(C)C)c1ncc(-c2ccc3cnc(F)cc3c2)s1.N[C@H](CCc1ncc(-c2ccc3cnc(F)cc3c2)s1)CN1CCC(C(F)(F)F)CC1. The lowest BCUT2D eigenvalue weighted by Crippen LogP contribution is -2.54. The molecule has 6 heterocycles. The van der Waals surface area contributed by atoms with Crippen molar-refractivity contribution in [2.45, 2.75) is 116 Å². The van der Waals surface area contributed by atoms with E-state index in [1.807, 2.05) is 46.3 Å². The van der Waals surface area contributed by atoms with Gasteiger partial charge in [0.25, 0.3) is 0 Å². The number of thiazole rings is 2. The lowest BCUT2D eigenvalue weighted by Gasteiger charge is -2.36. The average Bonchev–Trinajstić information content (AvgIpc) is 4.02. The summed E-state index contributed by atoms with van der Waals surface area (Å²) in [5, 5.41) is 7.12. The Balaban J connectivity index is 0.000000236. The molecule has 412 valence electrons. The molecule has 4 aromatic heterocycles. The number of nitrogens with two attached hydrogens (primary N) is 1. The van der Waals surface area contributed by atoms with Crippen molar-refractivity contribution in [3.8, 4) is 20.9 Å². The highest BCUT2D eigenvalue weighted by molar-refractivity contribution is 7.19. The molecular formula is C53H63F8N9O4S2. The number of carbonyl (C=O) groups is 2. The number of anilines is 1. The first-order valence-electron chi connectivity index (χ1n) is 25.0. The summed E-state index contributed by atoms with van der Waals surface area (Å²) in [6.07, 6.45) is -1.78. The highest BCUT2D eigenvalue weighted by Gasteiger charge is 2.42. The molecule has 2 atom stereocenters. The third kappa shape index (κ3) is 16.9. The van der Waals surface area contributed by atoms with Gasteiger partial charge in [-0.05, 0) is 134 Å². The highest BCUT2D eigenvalue weighted by Crippen LogP contribution is 2.37. The summed E-state index contributed by atoms with van der Waals surface area (Å²) in [5.41, 5.74) is 6.31. The Morgan fingerprint density at radius 2 is 1.16 bits per heavy atom. The van der Waals surface area contributed by atoms with Gasteiger partial charge >= 0.3 is 24.5 Å². The fourth-order valence-electron chi connectivity index (χ4n) is 8.94. The van der Waals surface area contributed by atoms with Crippen LogP contribution in [0.1, 0.15) is 78.7 Å². The van der Waals surface area contributed by atoms with Gasteiger partial charge in [0.2, 0.25) is 11.9 Å². The molecule has 2 fully saturated rings. The number of fused-ring (bicyclic) bond motifs is 2. The number of aromatic nitrogens is 4. The lowest BCUT2D eigenvalue weighted by molar-refractivity contribution is -0.185. The summed E-state index contributed by atoms with van der Waals surface area (Å²) in [5.74, 6) is -3.67. The summed E-state index contributed by atoms with van der Waals surface area (Å²) in [6.45, 7) is 12.2. The summed E-state index contributed by atoms with van der Waals surface area (Å²) < 4.78 is 117. The summed E-state index contributed by atoms with van der Waals surface area (Å²) in [6, 6.07) is 13.2. The molecular weight excluding hydrogens is 1040 g/mol. The topological polar surface area (TPSA) is 152 Å². The van der Waals surface area contributed by atoms with E-state index in [2.05, 4.69) is 25.3 Å². The van der Waals surface area contributed by atoms with Gasteiger partial charge in [0.15, 0.2) is 5.13 Å². The van der Waals surface area contributed by atoms with Gasteiger partial charge in [-0.3, -0.25) is 4.90 Å². The molecule has 0 bridgehead atoms. The van der Waals surface area contributed by atoms with Gasteiger partial charge < -0.3 is 30.3 Å². The zero-order chi connectivity index (χ0) is 55.2. The van der Waals surface area contributed by atoms with E-state index in [-0.39, 0.29) is 63.0 Å². The van der Waals surface area contributed by atoms with Crippen molar-refractivity contribution in [3.63, 3.8) is 0 Å². The molecule has 2 aliphatic heterocycles. The van der Waals surface area contributed by atoms with E-state index in [4.69, 9.17) is 15.2 Å². The Hall–Kier alpha value is -5.62. The van der Waals surface area contributed by atoms with Crippen LogP contribution in [0.3, 0.4) is 0 Å². The van der Waals surface area contributed by atoms with Crippen molar-refractivity contribution < 1.29 is 54.2 Å².